The van der Waals surface area contributed by atoms with Gasteiger partial charge in [0, 0.05) is 12.8 Å². The molecule has 0 heterocycles. The standard InChI is InChI=1S/C47H92O5/c1-5-9-13-17-25-33-43(34-26-18-14-10-6-2)41-46(49)51-39-31-23-21-29-37-45(48)38-30-22-24-32-40-52-47(50)42-44(35-27-19-15-11-7-3)36-28-20-16-12-8-4/h43-45,48H,5-42H2,1-4H3. The van der Waals surface area contributed by atoms with Gasteiger partial charge in [-0.3, -0.25) is 9.59 Å². The lowest BCUT2D eigenvalue weighted by Crippen LogP contribution is -2.13. The molecular weight excluding hydrogens is 645 g/mol. The number of rotatable bonds is 42. The maximum absolute atomic E-state index is 12.6. The molecule has 1 N–H and O–H groups in total. The Morgan fingerprint density at radius 1 is 0.365 bits per heavy atom. The molecule has 0 aromatic rings. The van der Waals surface area contributed by atoms with Crippen molar-refractivity contribution < 1.29 is 24.2 Å². The molecule has 0 aromatic carbocycles. The Hall–Kier alpha value is -1.10. The number of aliphatic hydroxyl groups is 1. The van der Waals surface area contributed by atoms with Crippen LogP contribution in [0.5, 0.6) is 0 Å². The third-order valence-electron chi connectivity index (χ3n) is 11.2. The van der Waals surface area contributed by atoms with Crippen LogP contribution in [0.2, 0.25) is 0 Å². The maximum Gasteiger partial charge on any atom is 0.306 e. The zero-order valence-electron chi connectivity index (χ0n) is 35.7. The summed E-state index contributed by atoms with van der Waals surface area (Å²) < 4.78 is 11.3. The molecule has 310 valence electrons. The van der Waals surface area contributed by atoms with Crippen LogP contribution >= 0.6 is 0 Å². The number of unbranched alkanes of at least 4 members (excludes halogenated alkanes) is 22. The molecule has 0 aliphatic rings. The summed E-state index contributed by atoms with van der Waals surface area (Å²) in [5.41, 5.74) is 0. The molecule has 0 atom stereocenters. The molecule has 0 radical (unpaired) electrons. The number of hydrogen-bond donors (Lipinski definition) is 1. The quantitative estimate of drug-likeness (QED) is 0.0499. The fraction of sp³-hybridized carbons (Fsp3) is 0.957. The third-order valence-corrected chi connectivity index (χ3v) is 11.2. The van der Waals surface area contributed by atoms with E-state index in [2.05, 4.69) is 27.7 Å². The average Bonchev–Trinajstić information content (AvgIpc) is 3.13. The van der Waals surface area contributed by atoms with Crippen molar-refractivity contribution in [3.63, 3.8) is 0 Å². The number of hydrogen-bond acceptors (Lipinski definition) is 5. The maximum atomic E-state index is 12.6. The molecular formula is C47H92O5. The summed E-state index contributed by atoms with van der Waals surface area (Å²) in [6.45, 7) is 10.1. The van der Waals surface area contributed by atoms with Gasteiger partial charge in [-0.25, -0.2) is 0 Å². The van der Waals surface area contributed by atoms with Gasteiger partial charge in [0.15, 0.2) is 0 Å². The molecule has 0 bridgehead atoms. The summed E-state index contributed by atoms with van der Waals surface area (Å²) >= 11 is 0. The van der Waals surface area contributed by atoms with Crippen LogP contribution in [-0.2, 0) is 19.1 Å². The van der Waals surface area contributed by atoms with Crippen LogP contribution in [0.3, 0.4) is 0 Å². The van der Waals surface area contributed by atoms with E-state index in [0.717, 1.165) is 64.2 Å². The van der Waals surface area contributed by atoms with Gasteiger partial charge in [0.2, 0.25) is 0 Å². The Morgan fingerprint density at radius 2 is 0.615 bits per heavy atom. The Kier molecular flexibility index (Phi) is 40.2. The first-order valence-electron chi connectivity index (χ1n) is 23.5. The molecule has 0 saturated heterocycles. The van der Waals surface area contributed by atoms with Crippen molar-refractivity contribution in [3.05, 3.63) is 0 Å². The van der Waals surface area contributed by atoms with E-state index in [1.807, 2.05) is 0 Å². The Bertz CT molecular complexity index is 651. The lowest BCUT2D eigenvalue weighted by atomic mass is 9.91. The van der Waals surface area contributed by atoms with E-state index in [0.29, 0.717) is 37.9 Å². The van der Waals surface area contributed by atoms with E-state index in [4.69, 9.17) is 9.47 Å². The van der Waals surface area contributed by atoms with Crippen molar-refractivity contribution in [2.75, 3.05) is 13.2 Å². The molecule has 52 heavy (non-hydrogen) atoms. The second-order valence-corrected chi connectivity index (χ2v) is 16.5. The highest BCUT2D eigenvalue weighted by Gasteiger charge is 2.16. The summed E-state index contributed by atoms with van der Waals surface area (Å²) in [4.78, 5) is 25.2. The van der Waals surface area contributed by atoms with Crippen molar-refractivity contribution in [2.45, 2.75) is 265 Å². The minimum atomic E-state index is -0.225. The van der Waals surface area contributed by atoms with Crippen LogP contribution in [-0.4, -0.2) is 36.4 Å². The first kappa shape index (κ1) is 50.9. The number of aliphatic hydroxyl groups excluding tert-OH is 1. The van der Waals surface area contributed by atoms with Gasteiger partial charge in [0.25, 0.3) is 0 Å². The molecule has 5 heteroatoms. The highest BCUT2D eigenvalue weighted by molar-refractivity contribution is 5.70. The summed E-state index contributed by atoms with van der Waals surface area (Å²) in [6, 6.07) is 0. The molecule has 0 amide bonds. The van der Waals surface area contributed by atoms with Crippen molar-refractivity contribution in [1.29, 1.82) is 0 Å². The van der Waals surface area contributed by atoms with Crippen LogP contribution in [0.25, 0.3) is 0 Å². The number of esters is 2. The van der Waals surface area contributed by atoms with Crippen LogP contribution in [0.4, 0.5) is 0 Å². The Balaban J connectivity index is 3.95. The number of carbonyl (C=O) groups is 2. The molecule has 0 fully saturated rings. The van der Waals surface area contributed by atoms with Gasteiger partial charge < -0.3 is 14.6 Å². The predicted octanol–water partition coefficient (Wildman–Crippen LogP) is 14.8. The molecule has 0 spiro atoms. The fourth-order valence-electron chi connectivity index (χ4n) is 7.62. The summed E-state index contributed by atoms with van der Waals surface area (Å²) in [5, 5.41) is 10.4. The second-order valence-electron chi connectivity index (χ2n) is 16.5. The van der Waals surface area contributed by atoms with E-state index in [1.54, 1.807) is 0 Å². The largest absolute Gasteiger partial charge is 0.466 e. The van der Waals surface area contributed by atoms with Crippen LogP contribution < -0.4 is 0 Å². The minimum absolute atomic E-state index is 0.00124. The second kappa shape index (κ2) is 41.1. The van der Waals surface area contributed by atoms with Crippen LogP contribution in [0.15, 0.2) is 0 Å². The van der Waals surface area contributed by atoms with Crippen molar-refractivity contribution in [1.82, 2.24) is 0 Å². The molecule has 0 aromatic heterocycles. The Labute approximate surface area is 325 Å². The zero-order chi connectivity index (χ0) is 38.2. The summed E-state index contributed by atoms with van der Waals surface area (Å²) in [7, 11) is 0. The van der Waals surface area contributed by atoms with Crippen LogP contribution in [0.1, 0.15) is 259 Å². The monoisotopic (exact) mass is 737 g/mol. The van der Waals surface area contributed by atoms with E-state index >= 15 is 0 Å². The number of ether oxygens (including phenoxy) is 2. The van der Waals surface area contributed by atoms with E-state index in [9.17, 15) is 14.7 Å². The van der Waals surface area contributed by atoms with Gasteiger partial charge in [0.1, 0.15) is 0 Å². The smallest absolute Gasteiger partial charge is 0.306 e. The van der Waals surface area contributed by atoms with Gasteiger partial charge in [-0.1, -0.05) is 195 Å². The lowest BCUT2D eigenvalue weighted by Gasteiger charge is -2.16. The van der Waals surface area contributed by atoms with Gasteiger partial charge >= 0.3 is 11.9 Å². The highest BCUT2D eigenvalue weighted by atomic mass is 16.5. The third kappa shape index (κ3) is 37.2. The molecule has 0 aliphatic heterocycles. The minimum Gasteiger partial charge on any atom is -0.466 e. The SMILES string of the molecule is CCCCCCCC(CCCCCCC)CC(=O)OCCCCCCC(O)CCCCCCOC(=O)CC(CCCCCCC)CCCCCCC. The zero-order valence-corrected chi connectivity index (χ0v) is 35.7. The van der Waals surface area contributed by atoms with Crippen molar-refractivity contribution >= 4 is 11.9 Å². The molecule has 5 nitrogen and oxygen atoms in total. The normalized spacial score (nSPS) is 11.7. The van der Waals surface area contributed by atoms with Gasteiger partial charge in [-0.2, -0.15) is 0 Å². The average molecular weight is 737 g/mol. The van der Waals surface area contributed by atoms with Crippen LogP contribution in [0, 0.1) is 11.8 Å². The van der Waals surface area contributed by atoms with Gasteiger partial charge in [-0.05, 0) is 63.2 Å². The first-order valence-corrected chi connectivity index (χ1v) is 23.5. The summed E-state index contributed by atoms with van der Waals surface area (Å²) in [6.07, 6.45) is 41.3. The van der Waals surface area contributed by atoms with Gasteiger partial charge in [-0.15, -0.1) is 0 Å². The van der Waals surface area contributed by atoms with Gasteiger partial charge in [0.05, 0.1) is 19.3 Å². The predicted molar refractivity (Wildman–Crippen MR) is 224 cm³/mol. The number of carbonyl (C=O) groups excluding carboxylic acids is 2. The van der Waals surface area contributed by atoms with Crippen molar-refractivity contribution in [3.8, 4) is 0 Å². The first-order chi connectivity index (χ1) is 25.5. The van der Waals surface area contributed by atoms with Crippen molar-refractivity contribution in [2.24, 2.45) is 11.8 Å². The fourth-order valence-corrected chi connectivity index (χ4v) is 7.62. The van der Waals surface area contributed by atoms with E-state index < -0.39 is 0 Å². The summed E-state index contributed by atoms with van der Waals surface area (Å²) in [5.74, 6) is 0.978. The Morgan fingerprint density at radius 3 is 0.904 bits per heavy atom. The lowest BCUT2D eigenvalue weighted by molar-refractivity contribution is -0.146. The molecule has 0 aliphatic carbocycles. The molecule has 0 rings (SSSR count). The topological polar surface area (TPSA) is 72.8 Å². The molecule has 0 unspecified atom stereocenters. The van der Waals surface area contributed by atoms with E-state index in [-0.39, 0.29) is 18.0 Å². The highest BCUT2D eigenvalue weighted by Crippen LogP contribution is 2.24. The van der Waals surface area contributed by atoms with E-state index in [1.165, 1.54) is 154 Å². The molecule has 0 saturated carbocycles.